The van der Waals surface area contributed by atoms with Gasteiger partial charge in [-0.15, -0.1) is 0 Å². The van der Waals surface area contributed by atoms with Crippen LogP contribution in [-0.2, 0) is 9.59 Å². The van der Waals surface area contributed by atoms with Crippen molar-refractivity contribution in [2.24, 2.45) is 23.2 Å². The number of hydrogen-bond acceptors (Lipinski definition) is 2. The number of aliphatic carboxylic acids is 1. The fraction of sp³-hybridized carbons (Fsp3) is 0.867. The molecule has 1 heterocycles. The molecule has 1 aliphatic heterocycles. The third kappa shape index (κ3) is 2.15. The fourth-order valence-corrected chi connectivity index (χ4v) is 4.25. The third-order valence-electron chi connectivity index (χ3n) is 5.38. The number of rotatable bonds is 2. The lowest BCUT2D eigenvalue weighted by molar-refractivity contribution is -0.160. The van der Waals surface area contributed by atoms with Crippen molar-refractivity contribution in [1.29, 1.82) is 0 Å². The molecular formula is C15H23NO3. The Hall–Kier alpha value is -1.06. The highest BCUT2D eigenvalue weighted by Gasteiger charge is 2.51. The van der Waals surface area contributed by atoms with Gasteiger partial charge in [-0.2, -0.15) is 0 Å². The topological polar surface area (TPSA) is 57.6 Å². The zero-order valence-electron chi connectivity index (χ0n) is 11.8. The molecule has 0 aromatic rings. The molecule has 0 aromatic carbocycles. The summed E-state index contributed by atoms with van der Waals surface area (Å²) in [5.41, 5.74) is -0.318. The van der Waals surface area contributed by atoms with E-state index in [1.807, 2.05) is 13.8 Å². The van der Waals surface area contributed by atoms with Crippen molar-refractivity contribution < 1.29 is 14.7 Å². The maximum absolute atomic E-state index is 12.6. The van der Waals surface area contributed by atoms with Gasteiger partial charge in [-0.1, -0.05) is 13.8 Å². The fourth-order valence-electron chi connectivity index (χ4n) is 4.25. The van der Waals surface area contributed by atoms with Crippen molar-refractivity contribution in [3.63, 3.8) is 0 Å². The highest BCUT2D eigenvalue weighted by Crippen LogP contribution is 2.55. The predicted molar refractivity (Wildman–Crippen MR) is 70.5 cm³/mol. The lowest BCUT2D eigenvalue weighted by Crippen LogP contribution is -2.57. The number of carbonyl (C=O) groups is 2. The molecular weight excluding hydrogens is 242 g/mol. The van der Waals surface area contributed by atoms with Crippen LogP contribution in [0.15, 0.2) is 0 Å². The Morgan fingerprint density at radius 3 is 2.37 bits per heavy atom. The van der Waals surface area contributed by atoms with Crippen molar-refractivity contribution in [2.75, 3.05) is 6.54 Å². The number of carbonyl (C=O) groups excluding carboxylic acids is 1. The summed E-state index contributed by atoms with van der Waals surface area (Å²) in [4.78, 5) is 25.9. The summed E-state index contributed by atoms with van der Waals surface area (Å²) in [6.07, 6.45) is 5.07. The predicted octanol–water partition coefficient (Wildman–Crippen LogP) is 2.13. The first-order valence-electron chi connectivity index (χ1n) is 7.43. The van der Waals surface area contributed by atoms with E-state index in [1.165, 1.54) is 6.42 Å². The van der Waals surface area contributed by atoms with Crippen LogP contribution in [0.5, 0.6) is 0 Å². The zero-order valence-corrected chi connectivity index (χ0v) is 11.8. The molecule has 3 unspecified atom stereocenters. The van der Waals surface area contributed by atoms with Gasteiger partial charge in [-0.25, -0.2) is 4.79 Å². The van der Waals surface area contributed by atoms with Crippen LogP contribution in [-0.4, -0.2) is 34.5 Å². The van der Waals surface area contributed by atoms with E-state index in [4.69, 9.17) is 0 Å². The van der Waals surface area contributed by atoms with Crippen LogP contribution in [0.2, 0.25) is 0 Å². The molecule has 0 aromatic heterocycles. The van der Waals surface area contributed by atoms with E-state index in [-0.39, 0.29) is 17.2 Å². The van der Waals surface area contributed by atoms with Crippen molar-refractivity contribution in [1.82, 2.24) is 4.90 Å². The summed E-state index contributed by atoms with van der Waals surface area (Å²) >= 11 is 0. The largest absolute Gasteiger partial charge is 0.480 e. The van der Waals surface area contributed by atoms with E-state index in [1.54, 1.807) is 4.90 Å². The number of nitrogens with zero attached hydrogens (tertiary/aromatic N) is 1. The second kappa shape index (κ2) is 4.22. The van der Waals surface area contributed by atoms with Gasteiger partial charge in [0.25, 0.3) is 0 Å². The summed E-state index contributed by atoms with van der Waals surface area (Å²) in [5.74, 6) is 0.873. The molecule has 0 spiro atoms. The van der Waals surface area contributed by atoms with E-state index in [0.29, 0.717) is 6.54 Å². The zero-order chi connectivity index (χ0) is 13.8. The van der Waals surface area contributed by atoms with Gasteiger partial charge < -0.3 is 10.0 Å². The van der Waals surface area contributed by atoms with Crippen molar-refractivity contribution in [3.8, 4) is 0 Å². The Morgan fingerprint density at radius 1 is 1.16 bits per heavy atom. The highest BCUT2D eigenvalue weighted by molar-refractivity contribution is 5.86. The SMILES string of the molecule is CC1(C)CCCN(C(=O)C2CC3CC3C2)C1C(=O)O. The quantitative estimate of drug-likeness (QED) is 0.832. The first-order chi connectivity index (χ1) is 8.90. The number of carboxylic acids is 1. The molecule has 1 amide bonds. The van der Waals surface area contributed by atoms with Gasteiger partial charge in [-0.3, -0.25) is 4.79 Å². The van der Waals surface area contributed by atoms with Crippen LogP contribution in [0.3, 0.4) is 0 Å². The molecule has 3 atom stereocenters. The summed E-state index contributed by atoms with van der Waals surface area (Å²) < 4.78 is 0. The maximum atomic E-state index is 12.6. The average Bonchev–Trinajstić information content (AvgIpc) is 2.93. The standard InChI is InChI=1S/C15H23NO3/c1-15(2)4-3-5-16(12(15)14(18)19)13(17)11-7-9-6-10(9)8-11/h9-12H,3-8H2,1-2H3,(H,18,19). The van der Waals surface area contributed by atoms with Crippen molar-refractivity contribution >= 4 is 11.9 Å². The number of fused-ring (bicyclic) bond motifs is 1. The molecule has 1 N–H and O–H groups in total. The van der Waals surface area contributed by atoms with Crippen molar-refractivity contribution in [2.45, 2.75) is 52.0 Å². The molecule has 1 saturated heterocycles. The minimum Gasteiger partial charge on any atom is -0.480 e. The summed E-state index contributed by atoms with van der Waals surface area (Å²) in [6.45, 7) is 4.56. The Bertz CT molecular complexity index is 408. The monoisotopic (exact) mass is 265 g/mol. The number of carboxylic acid groups (broad SMARTS) is 1. The lowest BCUT2D eigenvalue weighted by Gasteiger charge is -2.45. The van der Waals surface area contributed by atoms with Crippen LogP contribution in [0.1, 0.15) is 46.0 Å². The van der Waals surface area contributed by atoms with Gasteiger partial charge in [0.2, 0.25) is 5.91 Å². The molecule has 19 heavy (non-hydrogen) atoms. The summed E-state index contributed by atoms with van der Waals surface area (Å²) in [5, 5.41) is 9.50. The van der Waals surface area contributed by atoms with Gasteiger partial charge >= 0.3 is 5.97 Å². The van der Waals surface area contributed by atoms with Crippen LogP contribution < -0.4 is 0 Å². The summed E-state index contributed by atoms with van der Waals surface area (Å²) in [7, 11) is 0. The molecule has 0 bridgehead atoms. The van der Waals surface area contributed by atoms with Gasteiger partial charge in [-0.05, 0) is 49.4 Å². The second-order valence-electron chi connectivity index (χ2n) is 7.29. The first kappa shape index (κ1) is 12.9. The van der Waals surface area contributed by atoms with Gasteiger partial charge in [0.15, 0.2) is 0 Å². The Labute approximate surface area is 114 Å². The lowest BCUT2D eigenvalue weighted by atomic mass is 9.76. The van der Waals surface area contributed by atoms with Gasteiger partial charge in [0.1, 0.15) is 6.04 Å². The molecule has 106 valence electrons. The van der Waals surface area contributed by atoms with Crippen LogP contribution in [0.25, 0.3) is 0 Å². The molecule has 0 radical (unpaired) electrons. The number of amides is 1. The minimum absolute atomic E-state index is 0.0968. The molecule has 3 aliphatic rings. The molecule has 3 rings (SSSR count). The summed E-state index contributed by atoms with van der Waals surface area (Å²) in [6, 6.07) is -0.648. The molecule has 2 aliphatic carbocycles. The van der Waals surface area contributed by atoms with Gasteiger partial charge in [0.05, 0.1) is 0 Å². The highest BCUT2D eigenvalue weighted by atomic mass is 16.4. The maximum Gasteiger partial charge on any atom is 0.326 e. The number of piperidine rings is 1. The van der Waals surface area contributed by atoms with Crippen LogP contribution in [0, 0.1) is 23.2 Å². The molecule has 4 heteroatoms. The number of hydrogen-bond donors (Lipinski definition) is 1. The average molecular weight is 265 g/mol. The Balaban J connectivity index is 1.77. The molecule has 4 nitrogen and oxygen atoms in total. The molecule has 3 fully saturated rings. The van der Waals surface area contributed by atoms with E-state index >= 15 is 0 Å². The normalized spacial score (nSPS) is 39.8. The third-order valence-corrected chi connectivity index (χ3v) is 5.38. The van der Waals surface area contributed by atoms with E-state index in [2.05, 4.69) is 0 Å². The molecule has 2 saturated carbocycles. The minimum atomic E-state index is -0.846. The number of likely N-dealkylation sites (tertiary alicyclic amines) is 1. The first-order valence-corrected chi connectivity index (χ1v) is 7.43. The van der Waals surface area contributed by atoms with Gasteiger partial charge in [0, 0.05) is 12.5 Å². The second-order valence-corrected chi connectivity index (χ2v) is 7.29. The van der Waals surface area contributed by atoms with E-state index in [0.717, 1.165) is 37.5 Å². The van der Waals surface area contributed by atoms with Crippen molar-refractivity contribution in [3.05, 3.63) is 0 Å². The van der Waals surface area contributed by atoms with E-state index in [9.17, 15) is 14.7 Å². The van der Waals surface area contributed by atoms with Crippen LogP contribution in [0.4, 0.5) is 0 Å². The Kier molecular flexibility index (Phi) is 2.88. The Morgan fingerprint density at radius 2 is 1.79 bits per heavy atom. The van der Waals surface area contributed by atoms with Crippen LogP contribution >= 0.6 is 0 Å². The smallest absolute Gasteiger partial charge is 0.326 e. The van der Waals surface area contributed by atoms with E-state index < -0.39 is 12.0 Å².